The molecule has 0 atom stereocenters. The van der Waals surface area contributed by atoms with Crippen LogP contribution in [0, 0.1) is 34.9 Å². The van der Waals surface area contributed by atoms with Crippen LogP contribution in [0.1, 0.15) is 81.8 Å². The van der Waals surface area contributed by atoms with Crippen molar-refractivity contribution in [3.63, 3.8) is 0 Å². The molecule has 3 N–H and O–H groups in total. The number of rotatable bonds is 18. The molecule has 20 nitrogen and oxygen atoms in total. The number of carbonyl (C=O) groups is 3. The van der Waals surface area contributed by atoms with Crippen LogP contribution in [0.25, 0.3) is 33.8 Å². The van der Waals surface area contributed by atoms with Gasteiger partial charge in [-0.3, -0.25) is 24.4 Å². The molecule has 6 aromatic heterocycles. The number of pyridine rings is 6. The molecule has 104 heavy (non-hydrogen) atoms. The Hall–Kier alpha value is -12.3. The Morgan fingerprint density at radius 2 is 0.788 bits per heavy atom. The smallest absolute Gasteiger partial charge is 0.257 e. The average Bonchev–Trinajstić information content (AvgIpc) is 1.58. The maximum Gasteiger partial charge on any atom is 0.257 e. The number of benzene rings is 5. The summed E-state index contributed by atoms with van der Waals surface area (Å²) in [5, 5.41) is 2.81. The van der Waals surface area contributed by atoms with Crippen molar-refractivity contribution in [2.24, 2.45) is 0 Å². The number of aromatic nitrogens is 6. The van der Waals surface area contributed by atoms with Gasteiger partial charge in [0.05, 0.1) is 174 Å². The molecule has 0 saturated carbocycles. The Labute approximate surface area is 598 Å². The number of nitrogens with zero attached hydrogens (tertiary/aromatic N) is 8. The van der Waals surface area contributed by atoms with Crippen molar-refractivity contribution in [2.75, 3.05) is 55.5 Å². The van der Waals surface area contributed by atoms with Crippen LogP contribution in [0.4, 0.5) is 32.2 Å². The predicted molar refractivity (Wildman–Crippen MR) is 374 cm³/mol. The topological polar surface area (TPSA) is 238 Å². The van der Waals surface area contributed by atoms with Crippen LogP contribution in [0.2, 0.25) is 5.02 Å². The fraction of sp³-hybridized carbons (Fsp3) is 0.182. The maximum atomic E-state index is 14.7. The molecule has 27 heteroatoms. The number of hydrogen-bond donors (Lipinski definition) is 2. The predicted octanol–water partition coefficient (Wildman–Crippen LogP) is 14.0. The fourth-order valence-electron chi connectivity index (χ4n) is 11.8. The van der Waals surface area contributed by atoms with Gasteiger partial charge in [-0.15, -0.1) is 0 Å². The van der Waals surface area contributed by atoms with E-state index in [9.17, 15) is 40.7 Å². The van der Waals surface area contributed by atoms with Crippen LogP contribution in [0.5, 0.6) is 40.2 Å². The van der Waals surface area contributed by atoms with Gasteiger partial charge in [-0.25, -0.2) is 46.3 Å². The minimum absolute atomic E-state index is 0.0472. The van der Waals surface area contributed by atoms with Crippen LogP contribution in [-0.4, -0.2) is 107 Å². The standard InChI is InChI=1S/C29H25F2N3O4.C22H17ClF2N2O3.C20H15F2N3O2.C6H8N2O/c1-36-20-9-7-17(26(13-20)38-3)15-34-16-25-27(29(34)35)18(11-19-8-10-21(37-2)14-32-19)12-24(33-25)28-22(30)5-4-6-23(28)31;1-29-13-7-6-12(19(8-13)30-2)10-27-11-18-20(22(27)28)14(23)9-17(26-18)21-15(24)4-3-5-16(21)25;1-27-13-6-5-12(23-9-13)7-11-8-16(19-14(21)3-2-4-15(19)22)25-17-10-24-20(26)18(11)17;1-9-5-2-3-6(7)8-4-5/h4-10,12-14H,11,15-16H2,1-3H3;3-9H,10-11H2,1-2H3;2-6,8-9H,7,10H2,1H3,(H,24,26);2-4H,1H3,(H2,7,8). The number of methoxy groups -OCH3 is 7. The van der Waals surface area contributed by atoms with Gasteiger partial charge in [0, 0.05) is 47.5 Å². The van der Waals surface area contributed by atoms with E-state index in [0.717, 1.165) is 29.0 Å². The molecule has 0 radical (unpaired) electrons. The minimum Gasteiger partial charge on any atom is -0.497 e. The Bertz CT molecular complexity index is 4970. The van der Waals surface area contributed by atoms with Crippen molar-refractivity contribution in [1.82, 2.24) is 45.0 Å². The van der Waals surface area contributed by atoms with Gasteiger partial charge in [0.1, 0.15) is 81.0 Å². The second kappa shape index (κ2) is 32.6. The zero-order valence-electron chi connectivity index (χ0n) is 56.9. The molecule has 0 spiro atoms. The van der Waals surface area contributed by atoms with Crippen molar-refractivity contribution >= 4 is 35.1 Å². The first-order valence-corrected chi connectivity index (χ1v) is 32.2. The van der Waals surface area contributed by atoms with Gasteiger partial charge in [-0.1, -0.05) is 29.8 Å². The van der Waals surface area contributed by atoms with E-state index in [0.29, 0.717) is 97.5 Å². The van der Waals surface area contributed by atoms with Crippen molar-refractivity contribution in [3.8, 4) is 74.0 Å². The zero-order valence-corrected chi connectivity index (χ0v) is 57.7. The van der Waals surface area contributed by atoms with Gasteiger partial charge in [0.25, 0.3) is 17.7 Å². The number of halogens is 7. The molecule has 3 aliphatic heterocycles. The molecule has 0 aliphatic carbocycles. The molecule has 0 unspecified atom stereocenters. The Balaban J connectivity index is 0.000000149. The van der Waals surface area contributed by atoms with Crippen LogP contribution < -0.4 is 44.2 Å². The van der Waals surface area contributed by atoms with Gasteiger partial charge in [-0.2, -0.15) is 0 Å². The third-order valence-corrected chi connectivity index (χ3v) is 17.2. The highest BCUT2D eigenvalue weighted by Crippen LogP contribution is 2.39. The summed E-state index contributed by atoms with van der Waals surface area (Å²) in [7, 11) is 10.9. The highest BCUT2D eigenvalue weighted by molar-refractivity contribution is 6.34. The lowest BCUT2D eigenvalue weighted by Gasteiger charge is -2.18. The number of hydrogen-bond acceptors (Lipinski definition) is 17. The second-order valence-corrected chi connectivity index (χ2v) is 23.7. The van der Waals surface area contributed by atoms with E-state index in [2.05, 4.69) is 35.2 Å². The summed E-state index contributed by atoms with van der Waals surface area (Å²) in [6, 6.07) is 36.6. The number of anilines is 1. The van der Waals surface area contributed by atoms with Crippen molar-refractivity contribution < 1.29 is 73.9 Å². The van der Waals surface area contributed by atoms with E-state index in [-0.39, 0.29) is 101 Å². The summed E-state index contributed by atoms with van der Waals surface area (Å²) >= 11 is 6.32. The van der Waals surface area contributed by atoms with Gasteiger partial charge in [-0.05, 0) is 126 Å². The van der Waals surface area contributed by atoms with E-state index < -0.39 is 34.9 Å². The number of nitrogens with one attached hydrogen (secondary N) is 1. The van der Waals surface area contributed by atoms with Crippen LogP contribution in [0.3, 0.4) is 0 Å². The molecule has 5 aromatic carbocycles. The quantitative estimate of drug-likeness (QED) is 0.0759. The van der Waals surface area contributed by atoms with Crippen molar-refractivity contribution in [2.45, 2.75) is 45.6 Å². The van der Waals surface area contributed by atoms with Crippen molar-refractivity contribution in [3.05, 3.63) is 272 Å². The highest BCUT2D eigenvalue weighted by atomic mass is 35.5. The van der Waals surface area contributed by atoms with E-state index >= 15 is 0 Å². The minimum atomic E-state index is -0.748. The lowest BCUT2D eigenvalue weighted by molar-refractivity contribution is 0.0757. The summed E-state index contributed by atoms with van der Waals surface area (Å²) in [6.07, 6.45) is 5.33. The second-order valence-electron chi connectivity index (χ2n) is 23.3. The number of carbonyl (C=O) groups excluding carboxylic acids is 3. The molecule has 532 valence electrons. The Morgan fingerprint density at radius 3 is 1.18 bits per heavy atom. The summed E-state index contributed by atoms with van der Waals surface area (Å²) < 4.78 is 123. The maximum absolute atomic E-state index is 14.7. The normalized spacial score (nSPS) is 12.3. The van der Waals surface area contributed by atoms with E-state index in [4.69, 9.17) is 50.5 Å². The molecule has 0 fully saturated rings. The molecular formula is C77H65ClF6N10O10. The zero-order chi connectivity index (χ0) is 73.9. The van der Waals surface area contributed by atoms with Crippen LogP contribution >= 0.6 is 11.6 Å². The van der Waals surface area contributed by atoms with Gasteiger partial charge in [0.2, 0.25) is 0 Å². The van der Waals surface area contributed by atoms with E-state index in [1.807, 2.05) is 12.1 Å². The summed E-state index contributed by atoms with van der Waals surface area (Å²) in [6.45, 7) is 1.07. The molecule has 0 saturated heterocycles. The first kappa shape index (κ1) is 72.9. The molecule has 9 heterocycles. The molecule has 3 amide bonds. The monoisotopic (exact) mass is 1440 g/mol. The van der Waals surface area contributed by atoms with E-state index in [1.165, 1.54) is 55.6 Å². The summed E-state index contributed by atoms with van der Waals surface area (Å²) in [5.74, 6) is -0.260. The lowest BCUT2D eigenvalue weighted by atomic mass is 9.98. The fourth-order valence-corrected chi connectivity index (χ4v) is 12.1. The first-order valence-electron chi connectivity index (χ1n) is 31.8. The third-order valence-electron chi connectivity index (χ3n) is 16.9. The number of nitrogens with two attached hydrogens (primary N) is 1. The van der Waals surface area contributed by atoms with Gasteiger partial charge >= 0.3 is 0 Å². The Kier molecular flexibility index (Phi) is 22.8. The number of amides is 3. The van der Waals surface area contributed by atoms with Gasteiger partial charge < -0.3 is 54.0 Å². The van der Waals surface area contributed by atoms with Gasteiger partial charge in [0.15, 0.2) is 0 Å². The number of nitrogen functional groups attached to an aromatic ring is 1. The average molecular weight is 1440 g/mol. The summed E-state index contributed by atoms with van der Waals surface area (Å²) in [4.78, 5) is 67.7. The largest absolute Gasteiger partial charge is 0.497 e. The van der Waals surface area contributed by atoms with Crippen LogP contribution in [0.15, 0.2) is 164 Å². The van der Waals surface area contributed by atoms with Crippen LogP contribution in [-0.2, 0) is 45.6 Å². The number of ether oxygens (including phenoxy) is 7. The highest BCUT2D eigenvalue weighted by Gasteiger charge is 2.36. The third kappa shape index (κ3) is 16.2. The first-order chi connectivity index (χ1) is 50.2. The SMILES string of the molecule is COc1ccc(CN2Cc3nc(-c4c(F)cccc4F)cc(Cl)c3C2=O)c(OC)c1.COc1ccc(Cc2cc(-c3c(F)cccc3F)nc3c2C(=O)N(Cc2ccc(OC)cc2OC)C3)nc1.COc1ccc(Cc2cc(-c3c(F)cccc3F)nc3c2C(=O)NC3)nc1.COc1ccc(N)nc1. The molecule has 14 rings (SSSR count). The number of fused-ring (bicyclic) bond motifs is 3. The molecule has 3 aliphatic rings. The molecule has 11 aromatic rings. The Morgan fingerprint density at radius 1 is 0.413 bits per heavy atom. The van der Waals surface area contributed by atoms with Crippen molar-refractivity contribution in [1.29, 1.82) is 0 Å². The summed E-state index contributed by atoms with van der Waals surface area (Å²) in [5.41, 5.74) is 11.4. The van der Waals surface area contributed by atoms with E-state index in [1.54, 1.807) is 144 Å². The lowest BCUT2D eigenvalue weighted by Crippen LogP contribution is -2.24. The molecular weight excluding hydrogens is 1370 g/mol. The molecule has 0 bridgehead atoms.